The predicted molar refractivity (Wildman–Crippen MR) is 79.5 cm³/mol. The summed E-state index contributed by atoms with van der Waals surface area (Å²) in [5, 5.41) is 4.83. The Morgan fingerprint density at radius 2 is 1.89 bits per heavy atom. The molecule has 0 aliphatic carbocycles. The molecule has 0 bridgehead atoms. The summed E-state index contributed by atoms with van der Waals surface area (Å²) in [6.07, 6.45) is 0. The van der Waals surface area contributed by atoms with Crippen molar-refractivity contribution in [3.8, 4) is 0 Å². The summed E-state index contributed by atoms with van der Waals surface area (Å²) in [6, 6.07) is 9.74. The Morgan fingerprint density at radius 1 is 1.17 bits per heavy atom. The molecule has 0 spiro atoms. The molecule has 2 aromatic rings. The van der Waals surface area contributed by atoms with Gasteiger partial charge in [0.05, 0.1) is 4.88 Å². The average molecular weight is 261 g/mol. The first-order valence-corrected chi connectivity index (χ1v) is 6.97. The second kappa shape index (κ2) is 6.97. The standard InChI is InChI=1S/C13H13NOS.C2H6/c1-9-5-6-10(2)11(8-9)14-13(15)12-4-3-7-16-12;1-2/h3-8H,1-2H3,(H,14,15);1-2H3. The molecule has 1 aromatic carbocycles. The maximum Gasteiger partial charge on any atom is 0.265 e. The maximum atomic E-state index is 11.8. The van der Waals surface area contributed by atoms with Gasteiger partial charge in [-0.1, -0.05) is 32.0 Å². The molecular weight excluding hydrogens is 242 g/mol. The van der Waals surface area contributed by atoms with Crippen LogP contribution in [0.25, 0.3) is 0 Å². The zero-order chi connectivity index (χ0) is 13.5. The molecule has 0 saturated carbocycles. The van der Waals surface area contributed by atoms with E-state index in [0.29, 0.717) is 0 Å². The van der Waals surface area contributed by atoms with Crippen molar-refractivity contribution in [3.05, 3.63) is 51.7 Å². The number of carbonyl (C=O) groups is 1. The fraction of sp³-hybridized carbons (Fsp3) is 0.267. The van der Waals surface area contributed by atoms with Crippen molar-refractivity contribution in [1.29, 1.82) is 0 Å². The third kappa shape index (κ3) is 3.70. The topological polar surface area (TPSA) is 29.1 Å². The Hall–Kier alpha value is -1.61. The molecule has 0 radical (unpaired) electrons. The molecule has 96 valence electrons. The predicted octanol–water partition coefficient (Wildman–Crippen LogP) is 4.64. The highest BCUT2D eigenvalue weighted by molar-refractivity contribution is 7.12. The first kappa shape index (κ1) is 14.5. The summed E-state index contributed by atoms with van der Waals surface area (Å²) < 4.78 is 0. The number of nitrogens with one attached hydrogen (secondary N) is 1. The number of amides is 1. The molecule has 0 unspecified atom stereocenters. The van der Waals surface area contributed by atoms with Crippen molar-refractivity contribution >= 4 is 22.9 Å². The van der Waals surface area contributed by atoms with Gasteiger partial charge in [-0.05, 0) is 42.5 Å². The Bertz CT molecular complexity index is 503. The molecule has 1 heterocycles. The number of carbonyl (C=O) groups excluding carboxylic acids is 1. The van der Waals surface area contributed by atoms with E-state index in [2.05, 4.69) is 5.32 Å². The lowest BCUT2D eigenvalue weighted by atomic mass is 10.1. The van der Waals surface area contributed by atoms with Gasteiger partial charge in [-0.3, -0.25) is 4.79 Å². The second-order valence-corrected chi connectivity index (χ2v) is 4.70. The Kier molecular flexibility index (Phi) is 5.59. The van der Waals surface area contributed by atoms with Crippen molar-refractivity contribution in [2.45, 2.75) is 27.7 Å². The average Bonchev–Trinajstić information content (AvgIpc) is 2.90. The van der Waals surface area contributed by atoms with Crippen LogP contribution in [0.5, 0.6) is 0 Å². The van der Waals surface area contributed by atoms with E-state index in [0.717, 1.165) is 21.7 Å². The molecule has 1 amide bonds. The molecule has 0 saturated heterocycles. The summed E-state index contributed by atoms with van der Waals surface area (Å²) in [7, 11) is 0. The van der Waals surface area contributed by atoms with Crippen LogP contribution in [0.15, 0.2) is 35.7 Å². The van der Waals surface area contributed by atoms with Crippen molar-refractivity contribution < 1.29 is 4.79 Å². The molecule has 0 aliphatic heterocycles. The van der Waals surface area contributed by atoms with E-state index in [1.807, 2.05) is 63.4 Å². The summed E-state index contributed by atoms with van der Waals surface area (Å²) in [5.41, 5.74) is 3.11. The quantitative estimate of drug-likeness (QED) is 0.838. The minimum absolute atomic E-state index is 0.0382. The van der Waals surface area contributed by atoms with Gasteiger partial charge in [0, 0.05) is 5.69 Å². The summed E-state index contributed by atoms with van der Waals surface area (Å²) >= 11 is 1.45. The van der Waals surface area contributed by atoms with Crippen LogP contribution in [0.4, 0.5) is 5.69 Å². The van der Waals surface area contributed by atoms with Crippen molar-refractivity contribution in [1.82, 2.24) is 0 Å². The third-order valence-electron chi connectivity index (χ3n) is 2.39. The summed E-state index contributed by atoms with van der Waals surface area (Å²) in [6.45, 7) is 8.00. The number of anilines is 1. The van der Waals surface area contributed by atoms with E-state index in [1.54, 1.807) is 0 Å². The van der Waals surface area contributed by atoms with Crippen LogP contribution in [0.2, 0.25) is 0 Å². The van der Waals surface area contributed by atoms with Gasteiger partial charge in [-0.2, -0.15) is 0 Å². The molecule has 2 nitrogen and oxygen atoms in total. The van der Waals surface area contributed by atoms with E-state index >= 15 is 0 Å². The van der Waals surface area contributed by atoms with Gasteiger partial charge in [0.25, 0.3) is 5.91 Å². The van der Waals surface area contributed by atoms with Crippen LogP contribution in [0.1, 0.15) is 34.6 Å². The highest BCUT2D eigenvalue weighted by atomic mass is 32.1. The number of thiophene rings is 1. The van der Waals surface area contributed by atoms with Crippen LogP contribution in [-0.2, 0) is 0 Å². The normalized spacial score (nSPS) is 9.33. The number of benzene rings is 1. The van der Waals surface area contributed by atoms with E-state index in [4.69, 9.17) is 0 Å². The molecule has 1 aromatic heterocycles. The van der Waals surface area contributed by atoms with Gasteiger partial charge in [0.2, 0.25) is 0 Å². The molecule has 0 aliphatic rings. The zero-order valence-electron chi connectivity index (χ0n) is 11.3. The molecule has 3 heteroatoms. The minimum Gasteiger partial charge on any atom is -0.321 e. The van der Waals surface area contributed by atoms with Crippen LogP contribution >= 0.6 is 11.3 Å². The fourth-order valence-corrected chi connectivity index (χ4v) is 2.08. The highest BCUT2D eigenvalue weighted by Crippen LogP contribution is 2.18. The molecule has 2 rings (SSSR count). The smallest absolute Gasteiger partial charge is 0.265 e. The lowest BCUT2D eigenvalue weighted by molar-refractivity contribution is 0.103. The van der Waals surface area contributed by atoms with Crippen LogP contribution in [-0.4, -0.2) is 5.91 Å². The molecule has 0 atom stereocenters. The van der Waals surface area contributed by atoms with Gasteiger partial charge in [0.15, 0.2) is 0 Å². The summed E-state index contributed by atoms with van der Waals surface area (Å²) in [4.78, 5) is 12.6. The van der Waals surface area contributed by atoms with Crippen molar-refractivity contribution in [2.24, 2.45) is 0 Å². The second-order valence-electron chi connectivity index (χ2n) is 3.75. The third-order valence-corrected chi connectivity index (χ3v) is 3.25. The fourth-order valence-electron chi connectivity index (χ4n) is 1.46. The summed E-state index contributed by atoms with van der Waals surface area (Å²) in [5.74, 6) is -0.0382. The van der Waals surface area contributed by atoms with Gasteiger partial charge in [-0.25, -0.2) is 0 Å². The number of rotatable bonds is 2. The Balaban J connectivity index is 0.000000771. The zero-order valence-corrected chi connectivity index (χ0v) is 12.1. The van der Waals surface area contributed by atoms with E-state index in [1.165, 1.54) is 11.3 Å². The Labute approximate surface area is 113 Å². The van der Waals surface area contributed by atoms with Gasteiger partial charge in [0.1, 0.15) is 0 Å². The number of aryl methyl sites for hydroxylation is 2. The monoisotopic (exact) mass is 261 g/mol. The largest absolute Gasteiger partial charge is 0.321 e. The molecule has 18 heavy (non-hydrogen) atoms. The minimum atomic E-state index is -0.0382. The Morgan fingerprint density at radius 3 is 2.50 bits per heavy atom. The number of hydrogen-bond donors (Lipinski definition) is 1. The van der Waals surface area contributed by atoms with Crippen LogP contribution in [0, 0.1) is 13.8 Å². The molecular formula is C15H19NOS. The lowest BCUT2D eigenvalue weighted by Crippen LogP contribution is -2.11. The highest BCUT2D eigenvalue weighted by Gasteiger charge is 2.08. The van der Waals surface area contributed by atoms with Gasteiger partial charge in [-0.15, -0.1) is 11.3 Å². The first-order chi connectivity index (χ1) is 8.66. The van der Waals surface area contributed by atoms with E-state index < -0.39 is 0 Å². The van der Waals surface area contributed by atoms with Gasteiger partial charge >= 0.3 is 0 Å². The van der Waals surface area contributed by atoms with Crippen molar-refractivity contribution in [3.63, 3.8) is 0 Å². The lowest BCUT2D eigenvalue weighted by Gasteiger charge is -2.08. The van der Waals surface area contributed by atoms with Crippen molar-refractivity contribution in [2.75, 3.05) is 5.32 Å². The number of hydrogen-bond acceptors (Lipinski definition) is 2. The maximum absolute atomic E-state index is 11.8. The van der Waals surface area contributed by atoms with E-state index in [-0.39, 0.29) is 5.91 Å². The van der Waals surface area contributed by atoms with Crippen LogP contribution in [0.3, 0.4) is 0 Å². The first-order valence-electron chi connectivity index (χ1n) is 6.09. The SMILES string of the molecule is CC.Cc1ccc(C)c(NC(=O)c2cccs2)c1. The van der Waals surface area contributed by atoms with Crippen LogP contribution < -0.4 is 5.32 Å². The van der Waals surface area contributed by atoms with Gasteiger partial charge < -0.3 is 5.32 Å². The van der Waals surface area contributed by atoms with E-state index in [9.17, 15) is 4.79 Å². The molecule has 0 fully saturated rings. The molecule has 1 N–H and O–H groups in total.